The van der Waals surface area contributed by atoms with Crippen LogP contribution in [0, 0.1) is 5.41 Å². The Morgan fingerprint density at radius 2 is 1.80 bits per heavy atom. The lowest BCUT2D eigenvalue weighted by atomic mass is 9.75. The molecule has 1 aromatic rings. The second kappa shape index (κ2) is 6.98. The molecule has 0 saturated heterocycles. The fraction of sp³-hybridized carbons (Fsp3) is 0.562. The molecule has 0 heterocycles. The maximum Gasteiger partial charge on any atom is 0.224 e. The highest BCUT2D eigenvalue weighted by Crippen LogP contribution is 2.34. The van der Waals surface area contributed by atoms with E-state index in [1.54, 1.807) is 0 Å². The smallest absolute Gasteiger partial charge is 0.224 e. The van der Waals surface area contributed by atoms with Gasteiger partial charge in [0.1, 0.15) is 0 Å². The first-order valence-corrected chi connectivity index (χ1v) is 7.08. The van der Waals surface area contributed by atoms with Crippen LogP contribution >= 0.6 is 12.4 Å². The van der Waals surface area contributed by atoms with Gasteiger partial charge in [-0.3, -0.25) is 4.79 Å². The van der Waals surface area contributed by atoms with Gasteiger partial charge in [-0.05, 0) is 48.8 Å². The van der Waals surface area contributed by atoms with Crippen LogP contribution in [0.5, 0.6) is 0 Å². The SMILES string of the molecule is CC1(C)CCC(NC(=O)Cc2ccc(N)cc2)CC1.Cl. The summed E-state index contributed by atoms with van der Waals surface area (Å²) in [6, 6.07) is 7.87. The summed E-state index contributed by atoms with van der Waals surface area (Å²) in [6.07, 6.45) is 5.03. The Morgan fingerprint density at radius 3 is 2.35 bits per heavy atom. The van der Waals surface area contributed by atoms with Crippen molar-refractivity contribution in [2.24, 2.45) is 5.41 Å². The first kappa shape index (κ1) is 16.8. The molecule has 0 radical (unpaired) electrons. The van der Waals surface area contributed by atoms with Gasteiger partial charge in [0.05, 0.1) is 6.42 Å². The molecule has 1 aliphatic carbocycles. The zero-order valence-electron chi connectivity index (χ0n) is 12.3. The summed E-state index contributed by atoms with van der Waals surface area (Å²) in [7, 11) is 0. The number of carbonyl (C=O) groups excluding carboxylic acids is 1. The first-order chi connectivity index (χ1) is 8.94. The number of carbonyl (C=O) groups is 1. The van der Waals surface area contributed by atoms with Gasteiger partial charge in [0.2, 0.25) is 5.91 Å². The average molecular weight is 297 g/mol. The third-order valence-electron chi connectivity index (χ3n) is 4.05. The summed E-state index contributed by atoms with van der Waals surface area (Å²) in [6.45, 7) is 4.61. The molecule has 3 N–H and O–H groups in total. The zero-order chi connectivity index (χ0) is 13.9. The van der Waals surface area contributed by atoms with Crippen molar-refractivity contribution in [3.63, 3.8) is 0 Å². The van der Waals surface area contributed by atoms with Crippen molar-refractivity contribution in [3.05, 3.63) is 29.8 Å². The zero-order valence-corrected chi connectivity index (χ0v) is 13.1. The molecule has 20 heavy (non-hydrogen) atoms. The van der Waals surface area contributed by atoms with E-state index >= 15 is 0 Å². The van der Waals surface area contributed by atoms with Crippen LogP contribution in [0.3, 0.4) is 0 Å². The largest absolute Gasteiger partial charge is 0.399 e. The number of hydrogen-bond acceptors (Lipinski definition) is 2. The van der Waals surface area contributed by atoms with Gasteiger partial charge in [0, 0.05) is 11.7 Å². The number of halogens is 1. The Balaban J connectivity index is 0.00000200. The highest BCUT2D eigenvalue weighted by molar-refractivity contribution is 5.85. The van der Waals surface area contributed by atoms with Crippen molar-refractivity contribution in [2.75, 3.05) is 5.73 Å². The van der Waals surface area contributed by atoms with Crippen LogP contribution in [-0.2, 0) is 11.2 Å². The summed E-state index contributed by atoms with van der Waals surface area (Å²) in [5, 5.41) is 3.15. The predicted molar refractivity (Wildman–Crippen MR) is 86.0 cm³/mol. The molecule has 0 spiro atoms. The van der Waals surface area contributed by atoms with Crippen LogP contribution in [0.1, 0.15) is 45.1 Å². The van der Waals surface area contributed by atoms with E-state index in [-0.39, 0.29) is 18.3 Å². The summed E-state index contributed by atoms with van der Waals surface area (Å²) in [5.41, 5.74) is 7.83. The molecule has 112 valence electrons. The average Bonchev–Trinajstić information content (AvgIpc) is 2.35. The minimum atomic E-state index is 0. The van der Waals surface area contributed by atoms with Gasteiger partial charge in [-0.15, -0.1) is 12.4 Å². The number of nitrogen functional groups attached to an aromatic ring is 1. The number of anilines is 1. The van der Waals surface area contributed by atoms with Crippen LogP contribution in [-0.4, -0.2) is 11.9 Å². The molecule has 1 aliphatic rings. The molecule has 1 saturated carbocycles. The van der Waals surface area contributed by atoms with Crippen LogP contribution in [0.4, 0.5) is 5.69 Å². The highest BCUT2D eigenvalue weighted by Gasteiger charge is 2.27. The molecule has 2 rings (SSSR count). The number of benzene rings is 1. The first-order valence-electron chi connectivity index (χ1n) is 7.08. The Kier molecular flexibility index (Phi) is 5.88. The maximum atomic E-state index is 12.0. The molecule has 1 fully saturated rings. The number of amides is 1. The molecule has 1 amide bonds. The molecule has 0 atom stereocenters. The van der Waals surface area contributed by atoms with E-state index in [0.717, 1.165) is 24.1 Å². The van der Waals surface area contributed by atoms with Crippen molar-refractivity contribution in [3.8, 4) is 0 Å². The van der Waals surface area contributed by atoms with E-state index in [1.165, 1.54) is 12.8 Å². The lowest BCUT2D eigenvalue weighted by molar-refractivity contribution is -0.121. The molecule has 3 nitrogen and oxygen atoms in total. The van der Waals surface area contributed by atoms with Crippen LogP contribution < -0.4 is 11.1 Å². The summed E-state index contributed by atoms with van der Waals surface area (Å²) >= 11 is 0. The fourth-order valence-electron chi connectivity index (χ4n) is 2.64. The number of rotatable bonds is 3. The van der Waals surface area contributed by atoms with Gasteiger partial charge in [-0.25, -0.2) is 0 Å². The molecule has 0 aromatic heterocycles. The quantitative estimate of drug-likeness (QED) is 0.841. The molecule has 4 heteroatoms. The Hall–Kier alpha value is -1.22. The van der Waals surface area contributed by atoms with Crippen molar-refractivity contribution < 1.29 is 4.79 Å². The third kappa shape index (κ3) is 5.04. The summed E-state index contributed by atoms with van der Waals surface area (Å²) in [4.78, 5) is 12.0. The maximum absolute atomic E-state index is 12.0. The minimum Gasteiger partial charge on any atom is -0.399 e. The molecular weight excluding hydrogens is 272 g/mol. The van der Waals surface area contributed by atoms with E-state index in [9.17, 15) is 4.79 Å². The van der Waals surface area contributed by atoms with E-state index in [0.29, 0.717) is 17.9 Å². The van der Waals surface area contributed by atoms with E-state index in [2.05, 4.69) is 19.2 Å². The Bertz CT molecular complexity index is 432. The standard InChI is InChI=1S/C16H24N2O.ClH/c1-16(2)9-7-14(8-10-16)18-15(19)11-12-3-5-13(17)6-4-12;/h3-6,14H,7-11,17H2,1-2H3,(H,18,19);1H. The molecule has 0 aliphatic heterocycles. The molecule has 0 unspecified atom stereocenters. The number of nitrogens with two attached hydrogens (primary N) is 1. The van der Waals surface area contributed by atoms with Crippen molar-refractivity contribution >= 4 is 24.0 Å². The normalized spacial score (nSPS) is 18.1. The summed E-state index contributed by atoms with van der Waals surface area (Å²) in [5.74, 6) is 0.120. The molecule has 0 bridgehead atoms. The lowest BCUT2D eigenvalue weighted by Crippen LogP contribution is -2.39. The van der Waals surface area contributed by atoms with Gasteiger partial charge in [-0.2, -0.15) is 0 Å². The Morgan fingerprint density at radius 1 is 1.25 bits per heavy atom. The second-order valence-corrected chi connectivity index (χ2v) is 6.42. The predicted octanol–water partition coefficient (Wildman–Crippen LogP) is 3.32. The highest BCUT2D eigenvalue weighted by atomic mass is 35.5. The fourth-order valence-corrected chi connectivity index (χ4v) is 2.64. The van der Waals surface area contributed by atoms with Crippen molar-refractivity contribution in [2.45, 2.75) is 52.0 Å². The Labute approximate surface area is 127 Å². The van der Waals surface area contributed by atoms with E-state index in [1.807, 2.05) is 24.3 Å². The lowest BCUT2D eigenvalue weighted by Gasteiger charge is -2.34. The minimum absolute atomic E-state index is 0. The van der Waals surface area contributed by atoms with Crippen LogP contribution in [0.2, 0.25) is 0 Å². The van der Waals surface area contributed by atoms with Gasteiger partial charge in [0.15, 0.2) is 0 Å². The second-order valence-electron chi connectivity index (χ2n) is 6.42. The summed E-state index contributed by atoms with van der Waals surface area (Å²) < 4.78 is 0. The van der Waals surface area contributed by atoms with E-state index in [4.69, 9.17) is 5.73 Å². The van der Waals surface area contributed by atoms with Gasteiger partial charge in [0.25, 0.3) is 0 Å². The topological polar surface area (TPSA) is 55.1 Å². The van der Waals surface area contributed by atoms with Crippen molar-refractivity contribution in [1.29, 1.82) is 0 Å². The third-order valence-corrected chi connectivity index (χ3v) is 4.05. The van der Waals surface area contributed by atoms with Crippen molar-refractivity contribution in [1.82, 2.24) is 5.32 Å². The number of hydrogen-bond donors (Lipinski definition) is 2. The van der Waals surface area contributed by atoms with Gasteiger partial charge < -0.3 is 11.1 Å². The van der Waals surface area contributed by atoms with E-state index < -0.39 is 0 Å². The van der Waals surface area contributed by atoms with Gasteiger partial charge >= 0.3 is 0 Å². The number of nitrogens with one attached hydrogen (secondary N) is 1. The monoisotopic (exact) mass is 296 g/mol. The van der Waals surface area contributed by atoms with Crippen LogP contribution in [0.25, 0.3) is 0 Å². The van der Waals surface area contributed by atoms with Crippen LogP contribution in [0.15, 0.2) is 24.3 Å². The molecular formula is C16H25ClN2O. The molecule has 1 aromatic carbocycles. The van der Waals surface area contributed by atoms with Gasteiger partial charge in [-0.1, -0.05) is 26.0 Å².